The van der Waals surface area contributed by atoms with Crippen LogP contribution in [0.4, 0.5) is 0 Å². The second kappa shape index (κ2) is 5.58. The van der Waals surface area contributed by atoms with Gasteiger partial charge < -0.3 is 10.4 Å². The second-order valence-electron chi connectivity index (χ2n) is 4.50. The van der Waals surface area contributed by atoms with E-state index in [-0.39, 0.29) is 0 Å². The summed E-state index contributed by atoms with van der Waals surface area (Å²) in [5, 5.41) is 13.4. The van der Waals surface area contributed by atoms with Crippen molar-refractivity contribution in [2.45, 2.75) is 45.3 Å². The van der Waals surface area contributed by atoms with Crippen LogP contribution in [0.5, 0.6) is 0 Å². The molecule has 15 heavy (non-hydrogen) atoms. The van der Waals surface area contributed by atoms with Crippen molar-refractivity contribution in [3.8, 4) is 0 Å². The lowest BCUT2D eigenvalue weighted by Crippen LogP contribution is -2.34. The monoisotopic (exact) mass is 228 g/mol. The van der Waals surface area contributed by atoms with E-state index in [9.17, 15) is 5.11 Å². The Hall–Kier alpha value is -0.450. The smallest absolute Gasteiger partial charge is 0.0794 e. The molecule has 0 radical (unpaired) electrons. The van der Waals surface area contributed by atoms with Crippen LogP contribution in [0, 0.1) is 0 Å². The largest absolute Gasteiger partial charge is 0.390 e. The molecule has 3 nitrogen and oxygen atoms in total. The maximum Gasteiger partial charge on any atom is 0.0794 e. The fourth-order valence-corrected chi connectivity index (χ4v) is 2.20. The van der Waals surface area contributed by atoms with Crippen LogP contribution in [-0.4, -0.2) is 28.3 Å². The van der Waals surface area contributed by atoms with Gasteiger partial charge in [0.05, 0.1) is 11.1 Å². The Balaban J connectivity index is 2.32. The summed E-state index contributed by atoms with van der Waals surface area (Å²) in [5.74, 6) is 0. The van der Waals surface area contributed by atoms with Gasteiger partial charge in [-0.2, -0.15) is 0 Å². The third-order valence-corrected chi connectivity index (χ3v) is 3.03. The van der Waals surface area contributed by atoms with Crippen molar-refractivity contribution in [2.75, 3.05) is 6.54 Å². The molecule has 1 rings (SSSR count). The van der Waals surface area contributed by atoms with E-state index in [4.69, 9.17) is 0 Å². The van der Waals surface area contributed by atoms with Gasteiger partial charge in [-0.1, -0.05) is 13.8 Å². The average molecular weight is 228 g/mol. The minimum atomic E-state index is -0.631. The fourth-order valence-electron chi connectivity index (χ4n) is 1.42. The van der Waals surface area contributed by atoms with Gasteiger partial charge >= 0.3 is 0 Å². The van der Waals surface area contributed by atoms with Crippen molar-refractivity contribution in [2.24, 2.45) is 0 Å². The molecule has 2 N–H and O–H groups in total. The van der Waals surface area contributed by atoms with Gasteiger partial charge in [-0.3, -0.25) is 4.98 Å². The Morgan fingerprint density at radius 3 is 2.87 bits per heavy atom. The van der Waals surface area contributed by atoms with Crippen molar-refractivity contribution in [1.29, 1.82) is 0 Å². The Bertz CT molecular complexity index is 270. The van der Waals surface area contributed by atoms with Gasteiger partial charge in [0.25, 0.3) is 0 Å². The SMILES string of the molecule is CC(C)NCCC(C)(O)Cc1cncs1. The van der Waals surface area contributed by atoms with Crippen molar-refractivity contribution < 1.29 is 5.11 Å². The zero-order valence-corrected chi connectivity index (χ0v) is 10.5. The van der Waals surface area contributed by atoms with Gasteiger partial charge in [0.2, 0.25) is 0 Å². The second-order valence-corrected chi connectivity index (χ2v) is 5.47. The first-order valence-corrected chi connectivity index (χ1v) is 6.21. The fraction of sp³-hybridized carbons (Fsp3) is 0.727. The molecule has 0 aromatic carbocycles. The highest BCUT2D eigenvalue weighted by Crippen LogP contribution is 2.18. The molecule has 0 aliphatic carbocycles. The number of hydrogen-bond donors (Lipinski definition) is 2. The Kier molecular flexibility index (Phi) is 4.70. The molecule has 0 bridgehead atoms. The Morgan fingerprint density at radius 2 is 2.33 bits per heavy atom. The number of aromatic nitrogens is 1. The van der Waals surface area contributed by atoms with Gasteiger partial charge in [0.15, 0.2) is 0 Å². The number of aliphatic hydroxyl groups is 1. The molecule has 0 saturated carbocycles. The highest BCUT2D eigenvalue weighted by atomic mass is 32.1. The molecular formula is C11H20N2OS. The van der Waals surface area contributed by atoms with Gasteiger partial charge in [-0.15, -0.1) is 11.3 Å². The number of nitrogens with one attached hydrogen (secondary N) is 1. The van der Waals surface area contributed by atoms with E-state index in [2.05, 4.69) is 24.1 Å². The van der Waals surface area contributed by atoms with E-state index in [0.717, 1.165) is 17.8 Å². The maximum absolute atomic E-state index is 10.1. The molecule has 0 aliphatic heterocycles. The van der Waals surface area contributed by atoms with Gasteiger partial charge in [0.1, 0.15) is 0 Å². The molecule has 1 heterocycles. The van der Waals surface area contributed by atoms with E-state index in [1.807, 2.05) is 13.1 Å². The lowest BCUT2D eigenvalue weighted by atomic mass is 9.97. The van der Waals surface area contributed by atoms with Crippen LogP contribution in [-0.2, 0) is 6.42 Å². The summed E-state index contributed by atoms with van der Waals surface area (Å²) in [6.07, 6.45) is 3.29. The number of thiazole rings is 1. The molecular weight excluding hydrogens is 208 g/mol. The lowest BCUT2D eigenvalue weighted by Gasteiger charge is -2.23. The topological polar surface area (TPSA) is 45.1 Å². The van der Waals surface area contributed by atoms with Gasteiger partial charge in [-0.05, 0) is 19.9 Å². The lowest BCUT2D eigenvalue weighted by molar-refractivity contribution is 0.0518. The van der Waals surface area contributed by atoms with Crippen molar-refractivity contribution >= 4 is 11.3 Å². The first-order chi connectivity index (χ1) is 6.99. The zero-order chi connectivity index (χ0) is 11.3. The van der Waals surface area contributed by atoms with E-state index < -0.39 is 5.60 Å². The van der Waals surface area contributed by atoms with Crippen molar-refractivity contribution in [3.63, 3.8) is 0 Å². The van der Waals surface area contributed by atoms with E-state index >= 15 is 0 Å². The molecule has 0 spiro atoms. The van der Waals surface area contributed by atoms with Crippen LogP contribution in [0.2, 0.25) is 0 Å². The summed E-state index contributed by atoms with van der Waals surface area (Å²) in [6, 6.07) is 0.476. The first-order valence-electron chi connectivity index (χ1n) is 5.33. The third kappa shape index (κ3) is 5.25. The predicted octanol–water partition coefficient (Wildman–Crippen LogP) is 1.82. The molecule has 86 valence electrons. The van der Waals surface area contributed by atoms with Crippen LogP contribution in [0.3, 0.4) is 0 Å². The Morgan fingerprint density at radius 1 is 1.60 bits per heavy atom. The molecule has 0 aliphatic rings. The van der Waals surface area contributed by atoms with Crippen LogP contribution >= 0.6 is 11.3 Å². The molecule has 1 aromatic rings. The van der Waals surface area contributed by atoms with Crippen LogP contribution < -0.4 is 5.32 Å². The van der Waals surface area contributed by atoms with Crippen molar-refractivity contribution in [1.82, 2.24) is 10.3 Å². The summed E-state index contributed by atoms with van der Waals surface area (Å²) in [5.41, 5.74) is 1.17. The van der Waals surface area contributed by atoms with Gasteiger partial charge in [-0.25, -0.2) is 0 Å². The predicted molar refractivity (Wildman–Crippen MR) is 64.2 cm³/mol. The number of nitrogens with zero attached hydrogens (tertiary/aromatic N) is 1. The highest BCUT2D eigenvalue weighted by molar-refractivity contribution is 7.09. The summed E-state index contributed by atoms with van der Waals surface area (Å²) in [6.45, 7) is 6.95. The number of hydrogen-bond acceptors (Lipinski definition) is 4. The van der Waals surface area contributed by atoms with E-state index in [0.29, 0.717) is 12.5 Å². The van der Waals surface area contributed by atoms with Crippen LogP contribution in [0.15, 0.2) is 11.7 Å². The summed E-state index contributed by atoms with van der Waals surface area (Å²) >= 11 is 1.60. The first kappa shape index (κ1) is 12.6. The van der Waals surface area contributed by atoms with E-state index in [1.54, 1.807) is 16.8 Å². The molecule has 4 heteroatoms. The zero-order valence-electron chi connectivity index (χ0n) is 9.66. The average Bonchev–Trinajstić information content (AvgIpc) is 2.54. The molecule has 1 aromatic heterocycles. The summed E-state index contributed by atoms with van der Waals surface area (Å²) in [7, 11) is 0. The highest BCUT2D eigenvalue weighted by Gasteiger charge is 2.21. The minimum absolute atomic E-state index is 0.476. The van der Waals surface area contributed by atoms with E-state index in [1.165, 1.54) is 0 Å². The quantitative estimate of drug-likeness (QED) is 0.780. The van der Waals surface area contributed by atoms with Gasteiger partial charge in [0, 0.05) is 23.5 Å². The molecule has 0 amide bonds. The molecule has 0 fully saturated rings. The van der Waals surface area contributed by atoms with Crippen LogP contribution in [0.1, 0.15) is 32.1 Å². The maximum atomic E-state index is 10.1. The molecule has 0 saturated heterocycles. The minimum Gasteiger partial charge on any atom is -0.390 e. The summed E-state index contributed by atoms with van der Waals surface area (Å²) < 4.78 is 0. The van der Waals surface area contributed by atoms with Crippen molar-refractivity contribution in [3.05, 3.63) is 16.6 Å². The Labute approximate surface area is 95.6 Å². The normalized spacial score (nSPS) is 15.5. The third-order valence-electron chi connectivity index (χ3n) is 2.25. The summed E-state index contributed by atoms with van der Waals surface area (Å²) in [4.78, 5) is 5.15. The number of rotatable bonds is 6. The van der Waals surface area contributed by atoms with Crippen LogP contribution in [0.25, 0.3) is 0 Å². The standard InChI is InChI=1S/C11H20N2OS/c1-9(2)13-5-4-11(3,14)6-10-7-12-8-15-10/h7-9,13-14H,4-6H2,1-3H3. The molecule has 1 atom stereocenters. The molecule has 1 unspecified atom stereocenters.